The van der Waals surface area contributed by atoms with Gasteiger partial charge in [0.1, 0.15) is 0 Å². The Balaban J connectivity index is 0.000000774. The van der Waals surface area contributed by atoms with Crippen molar-refractivity contribution in [2.24, 2.45) is 5.92 Å². The van der Waals surface area contributed by atoms with Crippen molar-refractivity contribution in [2.45, 2.75) is 40.0 Å². The summed E-state index contributed by atoms with van der Waals surface area (Å²) in [7, 11) is 0. The molecule has 1 fully saturated rings. The largest absolute Gasteiger partial charge is 0.261 e. The van der Waals surface area contributed by atoms with E-state index >= 15 is 0 Å². The Morgan fingerprint density at radius 1 is 1.14 bits per heavy atom. The molecule has 2 heteroatoms. The summed E-state index contributed by atoms with van der Waals surface area (Å²) in [5, 5.41) is 0. The molecular formula is C19H24N2. The van der Waals surface area contributed by atoms with Crippen LogP contribution < -0.4 is 0 Å². The molecule has 1 aromatic carbocycles. The minimum atomic E-state index is 0.643. The highest BCUT2D eigenvalue weighted by atomic mass is 14.8. The van der Waals surface area contributed by atoms with E-state index in [4.69, 9.17) is 0 Å². The zero-order chi connectivity index (χ0) is 15.2. The van der Waals surface area contributed by atoms with Crippen LogP contribution in [-0.4, -0.2) is 9.97 Å². The van der Waals surface area contributed by atoms with E-state index in [1.54, 1.807) is 0 Å². The lowest BCUT2D eigenvalue weighted by molar-refractivity contribution is 0.995. The maximum absolute atomic E-state index is 4.69. The van der Waals surface area contributed by atoms with Gasteiger partial charge in [-0.25, -0.2) is 4.98 Å². The summed E-state index contributed by atoms with van der Waals surface area (Å²) in [4.78, 5) is 9.00. The van der Waals surface area contributed by atoms with Gasteiger partial charge in [-0.15, -0.1) is 0 Å². The summed E-state index contributed by atoms with van der Waals surface area (Å²) in [6.07, 6.45) is 7.02. The van der Waals surface area contributed by atoms with Crippen LogP contribution in [0.25, 0.3) is 5.57 Å². The van der Waals surface area contributed by atoms with Crippen LogP contribution in [0.5, 0.6) is 0 Å². The fourth-order valence-corrected chi connectivity index (χ4v) is 2.20. The molecule has 0 spiro atoms. The topological polar surface area (TPSA) is 25.8 Å². The van der Waals surface area contributed by atoms with Gasteiger partial charge in [0.2, 0.25) is 0 Å². The van der Waals surface area contributed by atoms with Crippen molar-refractivity contribution in [2.75, 3.05) is 0 Å². The molecule has 1 aromatic heterocycles. The van der Waals surface area contributed by atoms with Gasteiger partial charge in [-0.3, -0.25) is 4.98 Å². The zero-order valence-corrected chi connectivity index (χ0v) is 13.3. The number of aryl methyl sites for hydroxylation is 1. The first-order chi connectivity index (χ1) is 10.2. The molecule has 0 amide bonds. The third kappa shape index (κ3) is 4.25. The van der Waals surface area contributed by atoms with Crippen LogP contribution in [0.3, 0.4) is 0 Å². The Labute approximate surface area is 128 Å². The van der Waals surface area contributed by atoms with Gasteiger partial charge in [-0.2, -0.15) is 0 Å². The van der Waals surface area contributed by atoms with Crippen LogP contribution in [0.4, 0.5) is 0 Å². The zero-order valence-electron chi connectivity index (χ0n) is 13.3. The first-order valence-corrected chi connectivity index (χ1v) is 7.78. The van der Waals surface area contributed by atoms with Crippen molar-refractivity contribution in [3.05, 3.63) is 65.8 Å². The fraction of sp³-hybridized carbons (Fsp3) is 0.368. The lowest BCUT2D eigenvalue weighted by Gasteiger charge is -2.06. The van der Waals surface area contributed by atoms with Gasteiger partial charge in [0.15, 0.2) is 0 Å². The van der Waals surface area contributed by atoms with Crippen LogP contribution in [0, 0.1) is 12.8 Å². The van der Waals surface area contributed by atoms with E-state index in [1.165, 1.54) is 24.0 Å². The summed E-state index contributed by atoms with van der Waals surface area (Å²) in [5.74, 6) is 0.643. The standard InChI is InChI=1S/C17H18N2.C2H6/c1-12-3-5-14(6-4-12)9-16-10-18-11-17(19-16)13(2)15-7-8-15;1-2/h3-6,10-11,15H,2,7-9H2,1H3;1-2H3. The van der Waals surface area contributed by atoms with Crippen molar-refractivity contribution in [3.8, 4) is 0 Å². The lowest BCUT2D eigenvalue weighted by atomic mass is 10.1. The highest BCUT2D eigenvalue weighted by Gasteiger charge is 2.26. The molecule has 3 rings (SSSR count). The Kier molecular flexibility index (Phi) is 5.26. The highest BCUT2D eigenvalue weighted by Crippen LogP contribution is 2.39. The highest BCUT2D eigenvalue weighted by molar-refractivity contribution is 5.63. The smallest absolute Gasteiger partial charge is 0.0845 e. The average molecular weight is 280 g/mol. The Bertz CT molecular complexity index is 595. The minimum Gasteiger partial charge on any atom is -0.261 e. The quantitative estimate of drug-likeness (QED) is 0.802. The van der Waals surface area contributed by atoms with E-state index in [0.717, 1.165) is 23.4 Å². The Morgan fingerprint density at radius 3 is 2.43 bits per heavy atom. The molecule has 110 valence electrons. The van der Waals surface area contributed by atoms with E-state index in [0.29, 0.717) is 5.92 Å². The summed E-state index contributed by atoms with van der Waals surface area (Å²) in [6.45, 7) is 10.2. The van der Waals surface area contributed by atoms with Crippen molar-refractivity contribution in [1.29, 1.82) is 0 Å². The van der Waals surface area contributed by atoms with Gasteiger partial charge in [0, 0.05) is 12.6 Å². The van der Waals surface area contributed by atoms with E-state index < -0.39 is 0 Å². The number of rotatable bonds is 4. The average Bonchev–Trinajstić information content (AvgIpc) is 3.36. The number of aromatic nitrogens is 2. The summed E-state index contributed by atoms with van der Waals surface area (Å²) in [5.41, 5.74) is 5.69. The normalized spacial score (nSPS) is 13.3. The second-order valence-electron chi connectivity index (χ2n) is 5.36. The molecule has 2 nitrogen and oxygen atoms in total. The molecule has 0 N–H and O–H groups in total. The molecule has 0 saturated heterocycles. The van der Waals surface area contributed by atoms with Crippen molar-refractivity contribution < 1.29 is 0 Å². The SMILES string of the molecule is C=C(c1cncc(Cc2ccc(C)cc2)n1)C1CC1.CC. The van der Waals surface area contributed by atoms with Crippen LogP contribution in [-0.2, 0) is 6.42 Å². The number of hydrogen-bond donors (Lipinski definition) is 0. The third-order valence-corrected chi connectivity index (χ3v) is 3.59. The molecule has 2 aromatic rings. The van der Waals surface area contributed by atoms with E-state index in [1.807, 2.05) is 26.2 Å². The van der Waals surface area contributed by atoms with Gasteiger partial charge < -0.3 is 0 Å². The third-order valence-electron chi connectivity index (χ3n) is 3.59. The first kappa shape index (κ1) is 15.4. The van der Waals surface area contributed by atoms with Gasteiger partial charge in [0.25, 0.3) is 0 Å². The Hall–Kier alpha value is -1.96. The molecule has 0 radical (unpaired) electrons. The van der Waals surface area contributed by atoms with Crippen LogP contribution in [0.1, 0.15) is 49.2 Å². The minimum absolute atomic E-state index is 0.643. The summed E-state index contributed by atoms with van der Waals surface area (Å²) in [6, 6.07) is 8.57. The summed E-state index contributed by atoms with van der Waals surface area (Å²) >= 11 is 0. The van der Waals surface area contributed by atoms with Crippen LogP contribution in [0.2, 0.25) is 0 Å². The van der Waals surface area contributed by atoms with E-state index in [2.05, 4.69) is 47.7 Å². The predicted molar refractivity (Wildman–Crippen MR) is 89.1 cm³/mol. The number of benzene rings is 1. The predicted octanol–water partition coefficient (Wildman–Crippen LogP) is 4.83. The lowest BCUT2D eigenvalue weighted by Crippen LogP contribution is -1.98. The molecule has 0 aliphatic heterocycles. The number of nitrogens with zero attached hydrogens (tertiary/aromatic N) is 2. The molecule has 0 unspecified atom stereocenters. The number of allylic oxidation sites excluding steroid dienone is 1. The molecular weight excluding hydrogens is 256 g/mol. The Morgan fingerprint density at radius 2 is 1.81 bits per heavy atom. The van der Waals surface area contributed by atoms with Gasteiger partial charge in [-0.1, -0.05) is 50.3 Å². The molecule has 21 heavy (non-hydrogen) atoms. The van der Waals surface area contributed by atoms with Crippen molar-refractivity contribution >= 4 is 5.57 Å². The monoisotopic (exact) mass is 280 g/mol. The van der Waals surface area contributed by atoms with Crippen LogP contribution in [0.15, 0.2) is 43.2 Å². The second kappa shape index (κ2) is 7.16. The van der Waals surface area contributed by atoms with Crippen molar-refractivity contribution in [3.63, 3.8) is 0 Å². The van der Waals surface area contributed by atoms with E-state index in [9.17, 15) is 0 Å². The van der Waals surface area contributed by atoms with Gasteiger partial charge >= 0.3 is 0 Å². The second-order valence-corrected chi connectivity index (χ2v) is 5.36. The molecule has 1 aliphatic carbocycles. The summed E-state index contributed by atoms with van der Waals surface area (Å²) < 4.78 is 0. The molecule has 1 heterocycles. The molecule has 1 aliphatic rings. The molecule has 1 saturated carbocycles. The number of hydrogen-bond acceptors (Lipinski definition) is 2. The fourth-order valence-electron chi connectivity index (χ4n) is 2.20. The van der Waals surface area contributed by atoms with Crippen molar-refractivity contribution in [1.82, 2.24) is 9.97 Å². The molecule has 0 atom stereocenters. The van der Waals surface area contributed by atoms with Crippen LogP contribution >= 0.6 is 0 Å². The maximum Gasteiger partial charge on any atom is 0.0845 e. The van der Waals surface area contributed by atoms with E-state index in [-0.39, 0.29) is 0 Å². The molecule has 0 bridgehead atoms. The first-order valence-electron chi connectivity index (χ1n) is 7.78. The van der Waals surface area contributed by atoms with Gasteiger partial charge in [-0.05, 0) is 36.8 Å². The van der Waals surface area contributed by atoms with Gasteiger partial charge in [0.05, 0.1) is 17.6 Å². The maximum atomic E-state index is 4.69.